The number of nitrogens with one attached hydrogen (secondary N) is 1. The number of H-pyrrole nitrogens is 1. The number of hydrogen-bond donors (Lipinski definition) is 1. The average molecular weight is 285 g/mol. The summed E-state index contributed by atoms with van der Waals surface area (Å²) in [6.07, 6.45) is 6.45. The smallest absolute Gasteiger partial charge is 0.258 e. The number of fused-ring (bicyclic) bond motifs is 1. The van der Waals surface area contributed by atoms with Crippen LogP contribution in [0.4, 0.5) is 0 Å². The van der Waals surface area contributed by atoms with Gasteiger partial charge in [-0.15, -0.1) is 0 Å². The van der Waals surface area contributed by atoms with E-state index in [1.165, 1.54) is 32.1 Å². The Hall–Kier alpha value is -1.68. The fraction of sp³-hybridized carbons (Fsp3) is 0.529. The quantitative estimate of drug-likeness (QED) is 0.921. The van der Waals surface area contributed by atoms with Crippen LogP contribution in [0.5, 0.6) is 0 Å². The Bertz CT molecular complexity index is 656. The Labute approximate surface area is 125 Å². The number of hydrogen-bond acceptors (Lipinski definition) is 3. The van der Waals surface area contributed by atoms with Crippen molar-refractivity contribution in [3.63, 3.8) is 0 Å². The summed E-state index contributed by atoms with van der Waals surface area (Å²) in [4.78, 5) is 22.3. The summed E-state index contributed by atoms with van der Waals surface area (Å²) in [6, 6.07) is 7.71. The van der Waals surface area contributed by atoms with Gasteiger partial charge in [0.05, 0.1) is 16.9 Å². The monoisotopic (exact) mass is 285 g/mol. The molecule has 1 fully saturated rings. The molecular weight excluding hydrogens is 262 g/mol. The fourth-order valence-corrected chi connectivity index (χ4v) is 3.13. The lowest BCUT2D eigenvalue weighted by molar-refractivity contribution is 0.185. The van der Waals surface area contributed by atoms with Gasteiger partial charge in [0, 0.05) is 0 Å². The van der Waals surface area contributed by atoms with Gasteiger partial charge in [0.15, 0.2) is 0 Å². The van der Waals surface area contributed by atoms with E-state index in [-0.39, 0.29) is 11.6 Å². The van der Waals surface area contributed by atoms with E-state index in [4.69, 9.17) is 0 Å². The Morgan fingerprint density at radius 3 is 2.52 bits per heavy atom. The van der Waals surface area contributed by atoms with Crippen LogP contribution in [0, 0.1) is 0 Å². The van der Waals surface area contributed by atoms with Crippen LogP contribution in [0.3, 0.4) is 0 Å². The van der Waals surface area contributed by atoms with Crippen LogP contribution < -0.4 is 5.56 Å². The van der Waals surface area contributed by atoms with Crippen LogP contribution in [0.2, 0.25) is 0 Å². The number of para-hydroxylation sites is 1. The van der Waals surface area contributed by atoms with Gasteiger partial charge < -0.3 is 4.98 Å². The molecule has 1 aromatic carbocycles. The Morgan fingerprint density at radius 2 is 1.76 bits per heavy atom. The molecular formula is C17H23N3O. The molecule has 1 aromatic heterocycles. The van der Waals surface area contributed by atoms with Crippen molar-refractivity contribution in [1.29, 1.82) is 0 Å². The molecule has 0 spiro atoms. The number of benzene rings is 1. The van der Waals surface area contributed by atoms with E-state index >= 15 is 0 Å². The molecule has 1 saturated heterocycles. The standard InChI is InChI=1S/C17H23N3O/c1-13(20-11-7-3-2-4-8-12-20)16-18-15-10-6-5-9-14(15)17(21)19-16/h5-6,9-10,13H,2-4,7-8,11-12H2,1H3,(H,18,19,21)/t13-/m0/s1. The largest absolute Gasteiger partial charge is 0.309 e. The summed E-state index contributed by atoms with van der Waals surface area (Å²) < 4.78 is 0. The number of aromatic nitrogens is 2. The molecule has 1 atom stereocenters. The number of likely N-dealkylation sites (tertiary alicyclic amines) is 1. The normalized spacial score (nSPS) is 19.1. The minimum absolute atomic E-state index is 0.0329. The zero-order valence-corrected chi connectivity index (χ0v) is 12.6. The van der Waals surface area contributed by atoms with Crippen molar-refractivity contribution in [3.8, 4) is 0 Å². The molecule has 0 unspecified atom stereocenters. The minimum atomic E-state index is -0.0329. The highest BCUT2D eigenvalue weighted by Crippen LogP contribution is 2.21. The molecule has 4 nitrogen and oxygen atoms in total. The number of rotatable bonds is 2. The lowest BCUT2D eigenvalue weighted by Gasteiger charge is -2.29. The van der Waals surface area contributed by atoms with Crippen LogP contribution in [-0.2, 0) is 0 Å². The van der Waals surface area contributed by atoms with Crippen molar-refractivity contribution >= 4 is 10.9 Å². The lowest BCUT2D eigenvalue weighted by Crippen LogP contribution is -2.32. The summed E-state index contributed by atoms with van der Waals surface area (Å²) in [5.74, 6) is 0.791. The van der Waals surface area contributed by atoms with Gasteiger partial charge in [-0.2, -0.15) is 0 Å². The van der Waals surface area contributed by atoms with Crippen molar-refractivity contribution in [2.24, 2.45) is 0 Å². The second-order valence-electron chi connectivity index (χ2n) is 5.95. The summed E-state index contributed by atoms with van der Waals surface area (Å²) in [5.41, 5.74) is 0.754. The van der Waals surface area contributed by atoms with Crippen molar-refractivity contribution in [1.82, 2.24) is 14.9 Å². The topological polar surface area (TPSA) is 49.0 Å². The molecule has 1 aliphatic heterocycles. The second kappa shape index (κ2) is 6.39. The molecule has 112 valence electrons. The van der Waals surface area contributed by atoms with Crippen LogP contribution in [0.1, 0.15) is 50.9 Å². The molecule has 21 heavy (non-hydrogen) atoms. The van der Waals surface area contributed by atoms with Gasteiger partial charge >= 0.3 is 0 Å². The van der Waals surface area contributed by atoms with Gasteiger partial charge in [0.1, 0.15) is 5.82 Å². The van der Waals surface area contributed by atoms with Crippen LogP contribution >= 0.6 is 0 Å². The van der Waals surface area contributed by atoms with E-state index in [2.05, 4.69) is 21.8 Å². The molecule has 2 heterocycles. The average Bonchev–Trinajstić information content (AvgIpc) is 2.46. The molecule has 3 rings (SSSR count). The van der Waals surface area contributed by atoms with Crippen LogP contribution in [0.15, 0.2) is 29.1 Å². The maximum atomic E-state index is 12.2. The van der Waals surface area contributed by atoms with E-state index in [1.807, 2.05) is 24.3 Å². The van der Waals surface area contributed by atoms with Gasteiger partial charge in [-0.25, -0.2) is 4.98 Å². The number of nitrogens with zero attached hydrogens (tertiary/aromatic N) is 2. The van der Waals surface area contributed by atoms with E-state index in [0.29, 0.717) is 5.39 Å². The first-order chi connectivity index (χ1) is 10.3. The predicted molar refractivity (Wildman–Crippen MR) is 85.4 cm³/mol. The number of aromatic amines is 1. The third kappa shape index (κ3) is 3.16. The Kier molecular flexibility index (Phi) is 4.34. The maximum Gasteiger partial charge on any atom is 0.258 e. The van der Waals surface area contributed by atoms with E-state index in [1.54, 1.807) is 0 Å². The van der Waals surface area contributed by atoms with Crippen LogP contribution in [0.25, 0.3) is 10.9 Å². The molecule has 2 aromatic rings. The molecule has 0 amide bonds. The van der Waals surface area contributed by atoms with Crippen molar-refractivity contribution in [3.05, 3.63) is 40.4 Å². The molecule has 0 aliphatic carbocycles. The minimum Gasteiger partial charge on any atom is -0.309 e. The van der Waals surface area contributed by atoms with E-state index in [9.17, 15) is 4.79 Å². The van der Waals surface area contributed by atoms with Gasteiger partial charge in [-0.3, -0.25) is 9.69 Å². The van der Waals surface area contributed by atoms with E-state index in [0.717, 1.165) is 24.4 Å². The molecule has 0 bridgehead atoms. The third-order valence-electron chi connectivity index (χ3n) is 4.47. The molecule has 1 N–H and O–H groups in total. The van der Waals surface area contributed by atoms with Gasteiger partial charge in [-0.1, -0.05) is 31.4 Å². The molecule has 1 aliphatic rings. The molecule has 0 radical (unpaired) electrons. The first kappa shape index (κ1) is 14.3. The Balaban J connectivity index is 1.89. The zero-order chi connectivity index (χ0) is 14.7. The summed E-state index contributed by atoms with van der Waals surface area (Å²) in [6.45, 7) is 4.34. The van der Waals surface area contributed by atoms with Gasteiger partial charge in [-0.05, 0) is 45.0 Å². The SMILES string of the molecule is C[C@@H](c1nc2ccccc2c(=O)[nH]1)N1CCCCCCC1. The van der Waals surface area contributed by atoms with E-state index < -0.39 is 0 Å². The van der Waals surface area contributed by atoms with Crippen LogP contribution in [-0.4, -0.2) is 28.0 Å². The highest BCUT2D eigenvalue weighted by molar-refractivity contribution is 5.77. The second-order valence-corrected chi connectivity index (χ2v) is 5.95. The first-order valence-electron chi connectivity index (χ1n) is 7.99. The van der Waals surface area contributed by atoms with Crippen molar-refractivity contribution in [2.75, 3.05) is 13.1 Å². The summed E-state index contributed by atoms with van der Waals surface area (Å²) >= 11 is 0. The fourth-order valence-electron chi connectivity index (χ4n) is 3.13. The lowest BCUT2D eigenvalue weighted by atomic mass is 10.1. The third-order valence-corrected chi connectivity index (χ3v) is 4.47. The summed E-state index contributed by atoms with van der Waals surface area (Å²) in [5, 5.41) is 0.668. The predicted octanol–water partition coefficient (Wildman–Crippen LogP) is 3.25. The highest BCUT2D eigenvalue weighted by atomic mass is 16.1. The maximum absolute atomic E-state index is 12.2. The van der Waals surface area contributed by atoms with Gasteiger partial charge in [0.2, 0.25) is 0 Å². The van der Waals surface area contributed by atoms with Gasteiger partial charge in [0.25, 0.3) is 5.56 Å². The van der Waals surface area contributed by atoms with Crippen molar-refractivity contribution < 1.29 is 0 Å². The first-order valence-corrected chi connectivity index (χ1v) is 7.99. The molecule has 4 heteroatoms. The van der Waals surface area contributed by atoms with Crippen molar-refractivity contribution in [2.45, 2.75) is 45.1 Å². The zero-order valence-electron chi connectivity index (χ0n) is 12.6. The highest BCUT2D eigenvalue weighted by Gasteiger charge is 2.19. The molecule has 0 saturated carbocycles. The summed E-state index contributed by atoms with van der Waals surface area (Å²) in [7, 11) is 0. The Morgan fingerprint density at radius 1 is 1.10 bits per heavy atom.